The minimum atomic E-state index is 0. The third-order valence-corrected chi connectivity index (χ3v) is 4.73. The Kier molecular flexibility index (Phi) is 9.35. The van der Waals surface area contributed by atoms with Crippen LogP contribution in [0.3, 0.4) is 0 Å². The molecule has 0 radical (unpaired) electrons. The summed E-state index contributed by atoms with van der Waals surface area (Å²) in [6.45, 7) is 9.06. The van der Waals surface area contributed by atoms with Crippen LogP contribution in [-0.4, -0.2) is 22.6 Å². The largest absolute Gasteiger partial charge is 0.352 e. The van der Waals surface area contributed by atoms with E-state index in [0.717, 1.165) is 31.3 Å². The second kappa shape index (κ2) is 10.7. The normalized spacial score (nSPS) is 11.5. The number of aryl methyl sites for hydroxylation is 1. The Balaban J connectivity index is 0.00000288. The van der Waals surface area contributed by atoms with Crippen molar-refractivity contribution in [2.75, 3.05) is 7.05 Å². The second-order valence-corrected chi connectivity index (χ2v) is 7.14. The molecule has 7 heteroatoms. The van der Waals surface area contributed by atoms with Crippen LogP contribution >= 0.6 is 35.3 Å². The molecule has 0 fully saturated rings. The summed E-state index contributed by atoms with van der Waals surface area (Å²) >= 11 is 1.85. The molecule has 24 heavy (non-hydrogen) atoms. The minimum Gasteiger partial charge on any atom is -0.352 e. The number of imidazole rings is 1. The van der Waals surface area contributed by atoms with Gasteiger partial charge in [0.1, 0.15) is 5.82 Å². The molecule has 134 valence electrons. The molecule has 0 saturated carbocycles. The Labute approximate surface area is 166 Å². The molecule has 0 saturated heterocycles. The van der Waals surface area contributed by atoms with Crippen LogP contribution < -0.4 is 10.6 Å². The summed E-state index contributed by atoms with van der Waals surface area (Å²) in [7, 11) is 1.79. The van der Waals surface area contributed by atoms with E-state index in [1.807, 2.05) is 23.7 Å². The predicted molar refractivity (Wildman–Crippen MR) is 113 cm³/mol. The summed E-state index contributed by atoms with van der Waals surface area (Å²) < 4.78 is 2.19. The van der Waals surface area contributed by atoms with Crippen molar-refractivity contribution in [3.63, 3.8) is 0 Å². The van der Waals surface area contributed by atoms with E-state index in [1.54, 1.807) is 7.05 Å². The number of aromatic nitrogens is 2. The average Bonchev–Trinajstić information content (AvgIpc) is 3.16. The van der Waals surface area contributed by atoms with Crippen LogP contribution in [0.2, 0.25) is 0 Å². The van der Waals surface area contributed by atoms with Gasteiger partial charge in [0.2, 0.25) is 0 Å². The third kappa shape index (κ3) is 6.43. The molecule has 0 aromatic carbocycles. The molecule has 0 aliphatic rings. The van der Waals surface area contributed by atoms with Crippen LogP contribution in [0.25, 0.3) is 0 Å². The van der Waals surface area contributed by atoms with Crippen LogP contribution in [0.1, 0.15) is 36.3 Å². The molecule has 5 nitrogen and oxygen atoms in total. The SMILES string of the molecule is CCc1ccc(CNC(=NC)NCc2nccn2CC(C)C)s1.I. The molecule has 0 unspecified atom stereocenters. The lowest BCUT2D eigenvalue weighted by molar-refractivity contribution is 0.503. The number of halogens is 1. The van der Waals surface area contributed by atoms with E-state index in [4.69, 9.17) is 0 Å². The van der Waals surface area contributed by atoms with Gasteiger partial charge in [0, 0.05) is 35.7 Å². The molecule has 2 N–H and O–H groups in total. The van der Waals surface area contributed by atoms with E-state index in [0.29, 0.717) is 12.5 Å². The highest BCUT2D eigenvalue weighted by Crippen LogP contribution is 2.16. The van der Waals surface area contributed by atoms with Gasteiger partial charge in [-0.15, -0.1) is 35.3 Å². The molecule has 0 aliphatic carbocycles. The number of nitrogens with zero attached hydrogens (tertiary/aromatic N) is 3. The van der Waals surface area contributed by atoms with Crippen LogP contribution in [-0.2, 0) is 26.1 Å². The van der Waals surface area contributed by atoms with E-state index >= 15 is 0 Å². The van der Waals surface area contributed by atoms with Crippen molar-refractivity contribution >= 4 is 41.3 Å². The number of hydrogen-bond donors (Lipinski definition) is 2. The van der Waals surface area contributed by atoms with Gasteiger partial charge in [0.25, 0.3) is 0 Å². The fourth-order valence-electron chi connectivity index (χ4n) is 2.33. The molecule has 2 heterocycles. The molecule has 0 spiro atoms. The van der Waals surface area contributed by atoms with Gasteiger partial charge in [-0.25, -0.2) is 4.98 Å². The first-order chi connectivity index (χ1) is 11.1. The first-order valence-corrected chi connectivity index (χ1v) is 8.96. The maximum absolute atomic E-state index is 4.43. The van der Waals surface area contributed by atoms with Gasteiger partial charge in [0.05, 0.1) is 13.1 Å². The molecule has 0 atom stereocenters. The lowest BCUT2D eigenvalue weighted by Gasteiger charge is -2.13. The van der Waals surface area contributed by atoms with Gasteiger partial charge >= 0.3 is 0 Å². The summed E-state index contributed by atoms with van der Waals surface area (Å²) in [5.74, 6) is 2.44. The van der Waals surface area contributed by atoms with Crippen molar-refractivity contribution in [2.45, 2.75) is 46.8 Å². The van der Waals surface area contributed by atoms with E-state index < -0.39 is 0 Å². The lowest BCUT2D eigenvalue weighted by Crippen LogP contribution is -2.36. The van der Waals surface area contributed by atoms with E-state index in [2.05, 4.69) is 58.1 Å². The highest BCUT2D eigenvalue weighted by molar-refractivity contribution is 14.0. The Bertz CT molecular complexity index is 632. The van der Waals surface area contributed by atoms with Crippen molar-refractivity contribution in [3.8, 4) is 0 Å². The molecule has 0 bridgehead atoms. The van der Waals surface area contributed by atoms with Gasteiger partial charge < -0.3 is 15.2 Å². The van der Waals surface area contributed by atoms with E-state index in [-0.39, 0.29) is 24.0 Å². The molecule has 0 amide bonds. The van der Waals surface area contributed by atoms with Gasteiger partial charge in [-0.1, -0.05) is 20.8 Å². The number of aliphatic imine (C=N–C) groups is 1. The maximum atomic E-state index is 4.43. The number of thiophene rings is 1. The van der Waals surface area contributed by atoms with E-state index in [1.165, 1.54) is 9.75 Å². The zero-order valence-corrected chi connectivity index (χ0v) is 18.0. The molecule has 2 rings (SSSR count). The topological polar surface area (TPSA) is 54.2 Å². The highest BCUT2D eigenvalue weighted by atomic mass is 127. The summed E-state index contributed by atoms with van der Waals surface area (Å²) in [6.07, 6.45) is 4.98. The quantitative estimate of drug-likeness (QED) is 0.376. The van der Waals surface area contributed by atoms with Crippen LogP contribution in [0.4, 0.5) is 0 Å². The smallest absolute Gasteiger partial charge is 0.191 e. The molecule has 2 aromatic heterocycles. The summed E-state index contributed by atoms with van der Waals surface area (Å²) in [6, 6.07) is 4.37. The standard InChI is InChI=1S/C17H27N5S.HI/c1-5-14-6-7-15(23-14)10-20-17(18-4)21-11-16-19-8-9-22(16)12-13(2)3;/h6-9,13H,5,10-12H2,1-4H3,(H2,18,20,21);1H. The Hall–Kier alpha value is -1.09. The van der Waals surface area contributed by atoms with Gasteiger partial charge in [-0.2, -0.15) is 0 Å². The molecular formula is C17H28IN5S. The lowest BCUT2D eigenvalue weighted by atomic mass is 10.2. The summed E-state index contributed by atoms with van der Waals surface area (Å²) in [5, 5.41) is 6.69. The maximum Gasteiger partial charge on any atom is 0.191 e. The predicted octanol–water partition coefficient (Wildman–Crippen LogP) is 3.65. The zero-order valence-electron chi connectivity index (χ0n) is 14.9. The van der Waals surface area contributed by atoms with Crippen molar-refractivity contribution < 1.29 is 0 Å². The van der Waals surface area contributed by atoms with Crippen LogP contribution in [0.5, 0.6) is 0 Å². The fourth-order valence-corrected chi connectivity index (χ4v) is 3.23. The molecule has 2 aromatic rings. The van der Waals surface area contributed by atoms with Crippen molar-refractivity contribution in [3.05, 3.63) is 40.1 Å². The average molecular weight is 461 g/mol. The van der Waals surface area contributed by atoms with Crippen molar-refractivity contribution in [1.29, 1.82) is 0 Å². The molecular weight excluding hydrogens is 433 g/mol. The van der Waals surface area contributed by atoms with Gasteiger partial charge in [-0.3, -0.25) is 4.99 Å². The highest BCUT2D eigenvalue weighted by Gasteiger charge is 2.06. The second-order valence-electron chi connectivity index (χ2n) is 5.89. The number of nitrogens with one attached hydrogen (secondary N) is 2. The van der Waals surface area contributed by atoms with Gasteiger partial charge in [0.15, 0.2) is 5.96 Å². The van der Waals surface area contributed by atoms with Crippen LogP contribution in [0.15, 0.2) is 29.5 Å². The molecule has 0 aliphatic heterocycles. The van der Waals surface area contributed by atoms with E-state index in [9.17, 15) is 0 Å². The summed E-state index contributed by atoms with van der Waals surface area (Å²) in [4.78, 5) is 11.5. The van der Waals surface area contributed by atoms with Crippen LogP contribution in [0, 0.1) is 5.92 Å². The number of rotatable bonds is 7. The van der Waals surface area contributed by atoms with Crippen molar-refractivity contribution in [2.24, 2.45) is 10.9 Å². The summed E-state index contributed by atoms with van der Waals surface area (Å²) in [5.41, 5.74) is 0. The third-order valence-electron chi connectivity index (χ3n) is 3.50. The Morgan fingerprint density at radius 1 is 1.25 bits per heavy atom. The van der Waals surface area contributed by atoms with Crippen molar-refractivity contribution in [1.82, 2.24) is 20.2 Å². The van der Waals surface area contributed by atoms with Gasteiger partial charge in [-0.05, 0) is 24.5 Å². The number of hydrogen-bond acceptors (Lipinski definition) is 3. The number of guanidine groups is 1. The Morgan fingerprint density at radius 3 is 2.58 bits per heavy atom. The minimum absolute atomic E-state index is 0. The monoisotopic (exact) mass is 461 g/mol. The first kappa shape index (κ1) is 21.0. The first-order valence-electron chi connectivity index (χ1n) is 8.14. The zero-order chi connectivity index (χ0) is 16.7. The fraction of sp³-hybridized carbons (Fsp3) is 0.529. The Morgan fingerprint density at radius 2 is 1.96 bits per heavy atom.